The number of benzene rings is 2. The summed E-state index contributed by atoms with van der Waals surface area (Å²) in [5, 5.41) is -0.0799. The summed E-state index contributed by atoms with van der Waals surface area (Å²) < 4.78 is 43.5. The van der Waals surface area contributed by atoms with Crippen LogP contribution in [0.4, 0.5) is 5.88 Å². The predicted octanol–water partition coefficient (Wildman–Crippen LogP) is 3.64. The molecule has 0 saturated carbocycles. The summed E-state index contributed by atoms with van der Waals surface area (Å²) in [6, 6.07) is 12.2. The second-order valence-corrected chi connectivity index (χ2v) is 9.15. The molecular formula is C22H24N2O5S. The van der Waals surface area contributed by atoms with E-state index in [0.717, 1.165) is 16.7 Å². The summed E-state index contributed by atoms with van der Waals surface area (Å²) in [5.74, 6) is 1.12. The minimum absolute atomic E-state index is 0.0799. The van der Waals surface area contributed by atoms with Gasteiger partial charge in [-0.15, -0.1) is 0 Å². The third-order valence-electron chi connectivity index (χ3n) is 4.97. The molecule has 1 fully saturated rings. The van der Waals surface area contributed by atoms with Gasteiger partial charge in [0.2, 0.25) is 26.6 Å². The summed E-state index contributed by atoms with van der Waals surface area (Å²) in [6.07, 6.45) is 0. The maximum absolute atomic E-state index is 13.5. The van der Waals surface area contributed by atoms with Gasteiger partial charge in [-0.2, -0.15) is 4.98 Å². The van der Waals surface area contributed by atoms with Crippen molar-refractivity contribution >= 4 is 15.7 Å². The molecule has 1 aliphatic heterocycles. The van der Waals surface area contributed by atoms with Gasteiger partial charge in [-0.05, 0) is 50.2 Å². The topological polar surface area (TPSA) is 81.9 Å². The zero-order valence-electron chi connectivity index (χ0n) is 17.2. The minimum Gasteiger partial charge on any atom is -0.497 e. The number of hydrogen-bond donors (Lipinski definition) is 0. The molecule has 2 heterocycles. The van der Waals surface area contributed by atoms with Crippen LogP contribution < -0.4 is 9.64 Å². The highest BCUT2D eigenvalue weighted by molar-refractivity contribution is 7.91. The van der Waals surface area contributed by atoms with Crippen LogP contribution in [0, 0.1) is 13.8 Å². The number of nitrogens with zero attached hydrogens (tertiary/aromatic N) is 2. The average Bonchev–Trinajstić information content (AvgIpc) is 3.20. The molecule has 0 aliphatic carbocycles. The Morgan fingerprint density at radius 2 is 1.63 bits per heavy atom. The average molecular weight is 429 g/mol. The van der Waals surface area contributed by atoms with Crippen LogP contribution in [0.3, 0.4) is 0 Å². The van der Waals surface area contributed by atoms with Crippen LogP contribution >= 0.6 is 0 Å². The molecule has 0 amide bonds. The summed E-state index contributed by atoms with van der Waals surface area (Å²) in [5.41, 5.74) is 2.85. The summed E-state index contributed by atoms with van der Waals surface area (Å²) in [7, 11) is -2.36. The highest BCUT2D eigenvalue weighted by Crippen LogP contribution is 2.35. The van der Waals surface area contributed by atoms with Crippen molar-refractivity contribution in [3.63, 3.8) is 0 Å². The third-order valence-corrected chi connectivity index (χ3v) is 6.64. The van der Waals surface area contributed by atoms with Crippen molar-refractivity contribution in [1.82, 2.24) is 4.98 Å². The van der Waals surface area contributed by atoms with Crippen molar-refractivity contribution in [2.24, 2.45) is 0 Å². The molecule has 0 bridgehead atoms. The number of oxazole rings is 1. The van der Waals surface area contributed by atoms with Crippen molar-refractivity contribution in [2.75, 3.05) is 38.3 Å². The predicted molar refractivity (Wildman–Crippen MR) is 113 cm³/mol. The van der Waals surface area contributed by atoms with Gasteiger partial charge in [0.1, 0.15) is 5.75 Å². The molecule has 2 aromatic carbocycles. The number of methoxy groups -OCH3 is 1. The number of aryl methyl sites for hydroxylation is 2. The number of rotatable bonds is 5. The molecule has 158 valence electrons. The van der Waals surface area contributed by atoms with E-state index in [4.69, 9.17) is 13.9 Å². The lowest BCUT2D eigenvalue weighted by Crippen LogP contribution is -2.36. The van der Waals surface area contributed by atoms with E-state index in [9.17, 15) is 8.42 Å². The van der Waals surface area contributed by atoms with Gasteiger partial charge in [-0.25, -0.2) is 8.42 Å². The third kappa shape index (κ3) is 3.93. The highest BCUT2D eigenvalue weighted by atomic mass is 32.2. The Morgan fingerprint density at radius 1 is 1.00 bits per heavy atom. The lowest BCUT2D eigenvalue weighted by Gasteiger charge is -2.26. The molecule has 0 unspecified atom stereocenters. The van der Waals surface area contributed by atoms with Crippen LogP contribution in [0.15, 0.2) is 56.8 Å². The van der Waals surface area contributed by atoms with E-state index in [-0.39, 0.29) is 21.7 Å². The van der Waals surface area contributed by atoms with Crippen LogP contribution in [0.2, 0.25) is 0 Å². The van der Waals surface area contributed by atoms with E-state index in [1.807, 2.05) is 36.9 Å². The van der Waals surface area contributed by atoms with E-state index in [2.05, 4.69) is 4.98 Å². The zero-order chi connectivity index (χ0) is 21.3. The van der Waals surface area contributed by atoms with Gasteiger partial charge in [-0.1, -0.05) is 17.2 Å². The monoisotopic (exact) mass is 428 g/mol. The molecule has 1 saturated heterocycles. The molecule has 0 radical (unpaired) electrons. The molecule has 0 atom stereocenters. The molecule has 0 N–H and O–H groups in total. The maximum Gasteiger partial charge on any atom is 0.236 e. The molecule has 4 rings (SSSR count). The van der Waals surface area contributed by atoms with Gasteiger partial charge in [0, 0.05) is 18.7 Å². The van der Waals surface area contributed by atoms with Crippen molar-refractivity contribution in [3.05, 3.63) is 53.6 Å². The van der Waals surface area contributed by atoms with Gasteiger partial charge in [0.25, 0.3) is 0 Å². The number of aromatic nitrogens is 1. The van der Waals surface area contributed by atoms with E-state index >= 15 is 0 Å². The normalized spacial score (nSPS) is 14.7. The van der Waals surface area contributed by atoms with E-state index in [0.29, 0.717) is 32.1 Å². The van der Waals surface area contributed by atoms with Crippen molar-refractivity contribution in [1.29, 1.82) is 0 Å². The Kier molecular flexibility index (Phi) is 5.53. The molecular weight excluding hydrogens is 404 g/mol. The Hall–Kier alpha value is -2.84. The number of morpholine rings is 1. The quantitative estimate of drug-likeness (QED) is 0.614. The van der Waals surface area contributed by atoms with Crippen molar-refractivity contribution < 1.29 is 22.3 Å². The molecule has 1 aliphatic rings. The van der Waals surface area contributed by atoms with E-state index in [1.165, 1.54) is 19.2 Å². The molecule has 7 nitrogen and oxygen atoms in total. The first kappa shape index (κ1) is 20.4. The fraction of sp³-hybridized carbons (Fsp3) is 0.318. The van der Waals surface area contributed by atoms with Gasteiger partial charge in [0.15, 0.2) is 0 Å². The highest BCUT2D eigenvalue weighted by Gasteiger charge is 2.32. The lowest BCUT2D eigenvalue weighted by atomic mass is 10.1. The molecule has 8 heteroatoms. The fourth-order valence-corrected chi connectivity index (χ4v) is 4.85. The molecule has 0 spiro atoms. The molecule has 3 aromatic rings. The van der Waals surface area contributed by atoms with Crippen LogP contribution in [-0.4, -0.2) is 46.8 Å². The molecule has 1 aromatic heterocycles. The summed E-state index contributed by atoms with van der Waals surface area (Å²) >= 11 is 0. The number of anilines is 1. The van der Waals surface area contributed by atoms with Crippen molar-refractivity contribution in [3.8, 4) is 17.2 Å². The van der Waals surface area contributed by atoms with Gasteiger partial charge < -0.3 is 18.8 Å². The minimum atomic E-state index is -3.89. The first-order valence-corrected chi connectivity index (χ1v) is 11.2. The Morgan fingerprint density at radius 3 is 2.23 bits per heavy atom. The summed E-state index contributed by atoms with van der Waals surface area (Å²) in [4.78, 5) is 6.47. The van der Waals surface area contributed by atoms with Crippen LogP contribution in [-0.2, 0) is 14.6 Å². The smallest absolute Gasteiger partial charge is 0.236 e. The van der Waals surface area contributed by atoms with Crippen LogP contribution in [0.5, 0.6) is 5.75 Å². The summed E-state index contributed by atoms with van der Waals surface area (Å²) in [6.45, 7) is 6.04. The number of sulfone groups is 1. The Bertz CT molecular complexity index is 1130. The molecule has 30 heavy (non-hydrogen) atoms. The first-order chi connectivity index (χ1) is 14.4. The van der Waals surface area contributed by atoms with E-state index in [1.54, 1.807) is 12.1 Å². The zero-order valence-corrected chi connectivity index (χ0v) is 18.0. The van der Waals surface area contributed by atoms with Gasteiger partial charge >= 0.3 is 0 Å². The lowest BCUT2D eigenvalue weighted by molar-refractivity contribution is 0.120. The van der Waals surface area contributed by atoms with Crippen LogP contribution in [0.1, 0.15) is 11.1 Å². The first-order valence-electron chi connectivity index (χ1n) is 9.70. The fourth-order valence-electron chi connectivity index (χ4n) is 3.53. The van der Waals surface area contributed by atoms with E-state index < -0.39 is 9.84 Å². The largest absolute Gasteiger partial charge is 0.497 e. The Labute approximate surface area is 176 Å². The second kappa shape index (κ2) is 8.12. The standard InChI is InChI=1S/C22H24N2O5S/c1-15-12-16(2)14-17(13-15)20-23-21(22(29-20)24-8-10-28-11-9-24)30(25,26)19-6-4-18(27-3)5-7-19/h4-7,12-14H,8-11H2,1-3H3. The maximum atomic E-state index is 13.5. The SMILES string of the molecule is COc1ccc(S(=O)(=O)c2nc(-c3cc(C)cc(C)c3)oc2N2CCOCC2)cc1. The van der Waals surface area contributed by atoms with Gasteiger partial charge in [-0.3, -0.25) is 0 Å². The van der Waals surface area contributed by atoms with Crippen molar-refractivity contribution in [2.45, 2.75) is 23.8 Å². The number of ether oxygens (including phenoxy) is 2. The second-order valence-electron chi connectivity index (χ2n) is 7.28. The van der Waals surface area contributed by atoms with Gasteiger partial charge in [0.05, 0.1) is 25.2 Å². The number of hydrogen-bond acceptors (Lipinski definition) is 7. The van der Waals surface area contributed by atoms with Crippen LogP contribution in [0.25, 0.3) is 11.5 Å². The Balaban J connectivity index is 1.84.